The highest BCUT2D eigenvalue weighted by Gasteiger charge is 2.35. The van der Waals surface area contributed by atoms with Gasteiger partial charge >= 0.3 is 5.97 Å². The zero-order valence-electron chi connectivity index (χ0n) is 19.3. The molecule has 0 saturated heterocycles. The average Bonchev–Trinajstić information content (AvgIpc) is 3.18. The predicted molar refractivity (Wildman–Crippen MR) is 127 cm³/mol. The molecule has 1 amide bonds. The maximum Gasteiger partial charge on any atom is 0.311 e. The van der Waals surface area contributed by atoms with Crippen LogP contribution in [0.5, 0.6) is 0 Å². The number of hydrogen-bond acceptors (Lipinski definition) is 5. The molecule has 2 aromatic heterocycles. The van der Waals surface area contributed by atoms with Crippen LogP contribution >= 0.6 is 0 Å². The first-order valence-electron chi connectivity index (χ1n) is 10.4. The molecule has 2 N–H and O–H groups in total. The normalized spacial score (nSPS) is 13.6. The number of pyridine rings is 1. The number of allylic oxidation sites excluding steroid dienone is 4. The Labute approximate surface area is 188 Å². The van der Waals surface area contributed by atoms with Gasteiger partial charge in [-0.15, -0.1) is 0 Å². The summed E-state index contributed by atoms with van der Waals surface area (Å²) in [6.45, 7) is 11.3. The monoisotopic (exact) mass is 437 g/mol. The molecule has 0 bridgehead atoms. The van der Waals surface area contributed by atoms with Crippen LogP contribution in [0, 0.1) is 11.3 Å². The lowest BCUT2D eigenvalue weighted by Gasteiger charge is -2.28. The van der Waals surface area contributed by atoms with Crippen LogP contribution in [0.3, 0.4) is 0 Å². The Bertz CT molecular complexity index is 1090. The molecule has 170 valence electrons. The molecule has 2 rings (SSSR count). The Morgan fingerprint density at radius 1 is 1.31 bits per heavy atom. The van der Waals surface area contributed by atoms with E-state index in [4.69, 9.17) is 9.84 Å². The van der Waals surface area contributed by atoms with E-state index in [1.54, 1.807) is 22.7 Å². The van der Waals surface area contributed by atoms with Gasteiger partial charge in [0.1, 0.15) is 5.65 Å². The molecule has 7 nitrogen and oxygen atoms in total. The molecule has 0 spiro atoms. The molecule has 0 aromatic carbocycles. The Morgan fingerprint density at radius 2 is 2.03 bits per heavy atom. The minimum atomic E-state index is -0.715. The molecule has 0 radical (unpaired) electrons. The number of fused-ring (bicyclic) bond motifs is 1. The van der Waals surface area contributed by atoms with E-state index in [2.05, 4.69) is 16.9 Å². The van der Waals surface area contributed by atoms with Crippen LogP contribution in [0.2, 0.25) is 0 Å². The summed E-state index contributed by atoms with van der Waals surface area (Å²) < 4.78 is 6.69. The summed E-state index contributed by atoms with van der Waals surface area (Å²) in [5.41, 5.74) is 1.96. The number of amides is 1. The maximum atomic E-state index is 12.6. The number of aliphatic hydroxyl groups is 1. The van der Waals surface area contributed by atoms with Gasteiger partial charge in [-0.05, 0) is 62.5 Å². The zero-order valence-corrected chi connectivity index (χ0v) is 19.3. The van der Waals surface area contributed by atoms with Gasteiger partial charge in [-0.3, -0.25) is 9.59 Å². The number of carbonyl (C=O) groups excluding carboxylic acids is 2. The van der Waals surface area contributed by atoms with Gasteiger partial charge in [0.25, 0.3) is 5.91 Å². The Balaban J connectivity index is 2.15. The second-order valence-electron chi connectivity index (χ2n) is 7.94. The van der Waals surface area contributed by atoms with Crippen molar-refractivity contribution in [1.82, 2.24) is 9.38 Å². The van der Waals surface area contributed by atoms with Crippen molar-refractivity contribution in [2.24, 2.45) is 11.3 Å². The zero-order chi connectivity index (χ0) is 23.9. The SMILES string of the molecule is C=C(/C=C\C(CC)C(C)(C)C(=O)OC)C(=O)Nc1cn2cc(C(/C=C\O)=C/C)ccc2n1. The van der Waals surface area contributed by atoms with Gasteiger partial charge in [0.2, 0.25) is 0 Å². The fourth-order valence-corrected chi connectivity index (χ4v) is 3.47. The number of ether oxygens (including phenoxy) is 1. The number of methoxy groups -OCH3 is 1. The molecule has 0 saturated carbocycles. The highest BCUT2D eigenvalue weighted by Crippen LogP contribution is 2.32. The summed E-state index contributed by atoms with van der Waals surface area (Å²) >= 11 is 0. The molecule has 2 aromatic rings. The van der Waals surface area contributed by atoms with E-state index in [1.165, 1.54) is 7.11 Å². The highest BCUT2D eigenvalue weighted by molar-refractivity contribution is 6.04. The van der Waals surface area contributed by atoms with Gasteiger partial charge in [0, 0.05) is 11.8 Å². The van der Waals surface area contributed by atoms with Crippen LogP contribution in [0.15, 0.2) is 67.2 Å². The van der Waals surface area contributed by atoms with Crippen molar-refractivity contribution in [1.29, 1.82) is 0 Å². The van der Waals surface area contributed by atoms with Crippen LogP contribution < -0.4 is 5.32 Å². The number of anilines is 1. The molecule has 1 unspecified atom stereocenters. The molecule has 7 heteroatoms. The summed E-state index contributed by atoms with van der Waals surface area (Å²) in [6.07, 6.45) is 12.2. The van der Waals surface area contributed by atoms with Crippen molar-refractivity contribution in [2.75, 3.05) is 12.4 Å². The van der Waals surface area contributed by atoms with E-state index < -0.39 is 5.41 Å². The third-order valence-electron chi connectivity index (χ3n) is 5.49. The summed E-state index contributed by atoms with van der Waals surface area (Å²) in [6, 6.07) is 3.72. The van der Waals surface area contributed by atoms with Crippen LogP contribution in [-0.2, 0) is 14.3 Å². The molecule has 0 aliphatic heterocycles. The fourth-order valence-electron chi connectivity index (χ4n) is 3.47. The summed E-state index contributed by atoms with van der Waals surface area (Å²) in [5.74, 6) is -0.401. The van der Waals surface area contributed by atoms with Crippen molar-refractivity contribution in [2.45, 2.75) is 34.1 Å². The third kappa shape index (κ3) is 5.55. The summed E-state index contributed by atoms with van der Waals surface area (Å²) in [7, 11) is 1.37. The number of nitrogens with one attached hydrogen (secondary N) is 1. The van der Waals surface area contributed by atoms with E-state index in [1.807, 2.05) is 58.2 Å². The summed E-state index contributed by atoms with van der Waals surface area (Å²) in [5, 5.41) is 11.8. The number of esters is 1. The number of rotatable bonds is 9. The largest absolute Gasteiger partial charge is 0.516 e. The smallest absolute Gasteiger partial charge is 0.311 e. The van der Waals surface area contributed by atoms with E-state index in [-0.39, 0.29) is 23.4 Å². The molecule has 0 fully saturated rings. The Hall–Kier alpha value is -3.61. The second-order valence-corrected chi connectivity index (χ2v) is 7.94. The molecule has 1 atom stereocenters. The molecule has 0 aliphatic rings. The van der Waals surface area contributed by atoms with E-state index >= 15 is 0 Å². The van der Waals surface area contributed by atoms with Crippen LogP contribution in [-0.4, -0.2) is 33.5 Å². The second kappa shape index (κ2) is 10.6. The lowest BCUT2D eigenvalue weighted by Crippen LogP contribution is -2.32. The van der Waals surface area contributed by atoms with Crippen molar-refractivity contribution >= 4 is 28.9 Å². The Morgan fingerprint density at radius 3 is 2.62 bits per heavy atom. The minimum absolute atomic E-state index is 0.109. The first-order chi connectivity index (χ1) is 15.2. The van der Waals surface area contributed by atoms with Gasteiger partial charge in [0.15, 0.2) is 5.82 Å². The number of hydrogen-bond donors (Lipinski definition) is 2. The first-order valence-corrected chi connectivity index (χ1v) is 10.4. The lowest BCUT2D eigenvalue weighted by molar-refractivity contribution is -0.153. The van der Waals surface area contributed by atoms with Gasteiger partial charge in [-0.25, -0.2) is 4.98 Å². The van der Waals surface area contributed by atoms with Gasteiger partial charge < -0.3 is 19.6 Å². The number of imidazole rings is 1. The van der Waals surface area contributed by atoms with Crippen LogP contribution in [0.25, 0.3) is 11.2 Å². The molecular weight excluding hydrogens is 406 g/mol. The number of carbonyl (C=O) groups is 2. The van der Waals surface area contributed by atoms with Crippen molar-refractivity contribution < 1.29 is 19.4 Å². The predicted octanol–water partition coefficient (Wildman–Crippen LogP) is 5.09. The molecule has 32 heavy (non-hydrogen) atoms. The third-order valence-corrected chi connectivity index (χ3v) is 5.49. The van der Waals surface area contributed by atoms with Gasteiger partial charge in [-0.2, -0.15) is 0 Å². The highest BCUT2D eigenvalue weighted by atomic mass is 16.5. The first kappa shape index (κ1) is 24.7. The van der Waals surface area contributed by atoms with Crippen molar-refractivity contribution in [3.63, 3.8) is 0 Å². The van der Waals surface area contributed by atoms with E-state index in [0.717, 1.165) is 17.4 Å². The van der Waals surface area contributed by atoms with Gasteiger partial charge in [0.05, 0.1) is 25.0 Å². The maximum absolute atomic E-state index is 12.6. The average molecular weight is 438 g/mol. The molecular formula is C25H31N3O4. The van der Waals surface area contributed by atoms with Gasteiger partial charge in [-0.1, -0.05) is 31.7 Å². The standard InChI is InChI=1S/C25H31N3O4/c1-7-18(13-14-29)19-10-12-22-26-21(16-28(22)15-19)27-23(30)17(3)9-11-20(8-2)25(4,5)24(31)32-6/h7,9-16,20,29H,3,8H2,1-2,4-6H3,(H,27,30)/b11-9-,14-13-,18-7+. The topological polar surface area (TPSA) is 92.9 Å². The summed E-state index contributed by atoms with van der Waals surface area (Å²) in [4.78, 5) is 29.1. The molecule has 2 heterocycles. The van der Waals surface area contributed by atoms with E-state index in [0.29, 0.717) is 17.9 Å². The van der Waals surface area contributed by atoms with Crippen molar-refractivity contribution in [3.05, 3.63) is 72.8 Å². The van der Waals surface area contributed by atoms with Crippen LogP contribution in [0.1, 0.15) is 39.7 Å². The number of aliphatic hydroxyl groups excluding tert-OH is 1. The van der Waals surface area contributed by atoms with Crippen LogP contribution in [0.4, 0.5) is 5.82 Å². The Kier molecular flexibility index (Phi) is 8.18. The minimum Gasteiger partial charge on any atom is -0.516 e. The number of aromatic nitrogens is 2. The fraction of sp³-hybridized carbons (Fsp3) is 0.320. The number of nitrogens with zero attached hydrogens (tertiary/aromatic N) is 2. The van der Waals surface area contributed by atoms with Crippen molar-refractivity contribution in [3.8, 4) is 0 Å². The van der Waals surface area contributed by atoms with E-state index in [9.17, 15) is 9.59 Å². The molecule has 0 aliphatic carbocycles. The quantitative estimate of drug-likeness (QED) is 0.247. The lowest BCUT2D eigenvalue weighted by atomic mass is 9.77.